The molecule has 0 amide bonds. The summed E-state index contributed by atoms with van der Waals surface area (Å²) in [6.07, 6.45) is 3.79. The third-order valence-electron chi connectivity index (χ3n) is 3.63. The van der Waals surface area contributed by atoms with Crippen molar-refractivity contribution in [1.29, 1.82) is 0 Å². The Morgan fingerprint density at radius 2 is 1.94 bits per heavy atom. The molecule has 1 aliphatic rings. The Kier molecular flexibility index (Phi) is 4.15. The summed E-state index contributed by atoms with van der Waals surface area (Å²) in [6.45, 7) is 4.77. The van der Waals surface area contributed by atoms with Gasteiger partial charge in [0.15, 0.2) is 0 Å². The molecule has 2 atom stereocenters. The maximum absolute atomic E-state index is 5.96. The zero-order chi connectivity index (χ0) is 12.3. The first-order chi connectivity index (χ1) is 8.20. The van der Waals surface area contributed by atoms with Gasteiger partial charge in [-0.25, -0.2) is 4.98 Å². The molecule has 2 rings (SSSR count). The minimum atomic E-state index is 0.633. The maximum atomic E-state index is 5.96. The minimum absolute atomic E-state index is 0.633. The number of hydrogen-bond donors (Lipinski definition) is 1. The van der Waals surface area contributed by atoms with Gasteiger partial charge in [-0.2, -0.15) is 5.10 Å². The average Bonchev–Trinajstić information content (AvgIpc) is 2.78. The predicted octanol–water partition coefficient (Wildman–Crippen LogP) is 2.56. The highest BCUT2D eigenvalue weighted by Crippen LogP contribution is 2.32. The van der Waals surface area contributed by atoms with Gasteiger partial charge in [-0.05, 0) is 38.5 Å². The Labute approximate surface area is 107 Å². The topological polar surface area (TPSA) is 50.7 Å². The number of halogens is 1. The van der Waals surface area contributed by atoms with Gasteiger partial charge < -0.3 is 5.32 Å². The Bertz CT molecular complexity index is 383. The van der Waals surface area contributed by atoms with Crippen LogP contribution >= 0.6 is 11.6 Å². The van der Waals surface area contributed by atoms with Crippen LogP contribution in [0.15, 0.2) is 0 Å². The molecule has 2 unspecified atom stereocenters. The molecular weight excluding hydrogens is 236 g/mol. The lowest BCUT2D eigenvalue weighted by atomic mass is 9.98. The van der Waals surface area contributed by atoms with E-state index in [4.69, 9.17) is 11.6 Å². The second-order valence-electron chi connectivity index (χ2n) is 4.79. The Morgan fingerprint density at radius 3 is 2.65 bits per heavy atom. The minimum Gasteiger partial charge on any atom is -0.353 e. The second kappa shape index (κ2) is 5.63. The molecule has 0 aromatic carbocycles. The van der Waals surface area contributed by atoms with Gasteiger partial charge in [-0.3, -0.25) is 0 Å². The highest BCUT2D eigenvalue weighted by atomic mass is 35.5. The summed E-state index contributed by atoms with van der Waals surface area (Å²) in [4.78, 5) is 4.37. The Hall–Kier alpha value is -0.900. The van der Waals surface area contributed by atoms with Crippen molar-refractivity contribution in [1.82, 2.24) is 15.2 Å². The summed E-state index contributed by atoms with van der Waals surface area (Å²) in [5.74, 6) is 2.69. The van der Waals surface area contributed by atoms with Crippen molar-refractivity contribution in [2.75, 3.05) is 17.7 Å². The molecule has 5 heteroatoms. The standard InChI is InChI=1S/C12H19ClN4/c1-8-9(2)16-17-12(15-8)14-7-11-5-3-4-10(11)6-13/h10-11H,3-7H2,1-2H3,(H,14,15,17). The molecule has 0 saturated heterocycles. The molecule has 94 valence electrons. The van der Waals surface area contributed by atoms with Crippen LogP contribution in [0.3, 0.4) is 0 Å². The van der Waals surface area contributed by atoms with Gasteiger partial charge in [-0.15, -0.1) is 16.7 Å². The molecule has 1 fully saturated rings. The molecule has 1 N–H and O–H groups in total. The summed E-state index contributed by atoms with van der Waals surface area (Å²) in [5.41, 5.74) is 1.82. The largest absolute Gasteiger partial charge is 0.353 e. The highest BCUT2D eigenvalue weighted by Gasteiger charge is 2.26. The van der Waals surface area contributed by atoms with Crippen LogP contribution in [0.4, 0.5) is 5.95 Å². The van der Waals surface area contributed by atoms with Gasteiger partial charge >= 0.3 is 0 Å². The number of aromatic nitrogens is 3. The van der Waals surface area contributed by atoms with E-state index in [1.165, 1.54) is 19.3 Å². The summed E-state index contributed by atoms with van der Waals surface area (Å²) in [6, 6.07) is 0. The fourth-order valence-electron chi connectivity index (χ4n) is 2.34. The van der Waals surface area contributed by atoms with Crippen molar-refractivity contribution in [3.05, 3.63) is 11.4 Å². The monoisotopic (exact) mass is 254 g/mol. The van der Waals surface area contributed by atoms with Crippen LogP contribution in [-0.4, -0.2) is 27.6 Å². The lowest BCUT2D eigenvalue weighted by molar-refractivity contribution is 0.443. The average molecular weight is 255 g/mol. The van der Waals surface area contributed by atoms with E-state index in [2.05, 4.69) is 20.5 Å². The van der Waals surface area contributed by atoms with Gasteiger partial charge in [0.2, 0.25) is 5.95 Å². The van der Waals surface area contributed by atoms with Crippen LogP contribution in [0.2, 0.25) is 0 Å². The second-order valence-corrected chi connectivity index (χ2v) is 5.10. The quantitative estimate of drug-likeness (QED) is 0.839. The molecule has 1 aromatic heterocycles. The van der Waals surface area contributed by atoms with E-state index in [0.717, 1.165) is 23.8 Å². The summed E-state index contributed by atoms with van der Waals surface area (Å²) < 4.78 is 0. The molecule has 0 spiro atoms. The summed E-state index contributed by atoms with van der Waals surface area (Å²) in [5, 5.41) is 11.4. The fraction of sp³-hybridized carbons (Fsp3) is 0.750. The third-order valence-corrected chi connectivity index (χ3v) is 4.03. The van der Waals surface area contributed by atoms with Gasteiger partial charge in [-0.1, -0.05) is 6.42 Å². The number of alkyl halides is 1. The molecule has 1 aromatic rings. The first-order valence-electron chi connectivity index (χ1n) is 6.18. The Balaban J connectivity index is 1.91. The normalized spacial score (nSPS) is 23.9. The Morgan fingerprint density at radius 1 is 1.18 bits per heavy atom. The molecule has 17 heavy (non-hydrogen) atoms. The zero-order valence-corrected chi connectivity index (χ0v) is 11.2. The zero-order valence-electron chi connectivity index (χ0n) is 10.4. The molecule has 4 nitrogen and oxygen atoms in total. The van der Waals surface area contributed by atoms with Gasteiger partial charge in [0, 0.05) is 12.4 Å². The van der Waals surface area contributed by atoms with Crippen molar-refractivity contribution in [2.45, 2.75) is 33.1 Å². The van der Waals surface area contributed by atoms with E-state index in [-0.39, 0.29) is 0 Å². The molecular formula is C12H19ClN4. The number of nitrogens with zero attached hydrogens (tertiary/aromatic N) is 3. The number of rotatable bonds is 4. The number of nitrogens with one attached hydrogen (secondary N) is 1. The van der Waals surface area contributed by atoms with Gasteiger partial charge in [0.05, 0.1) is 11.4 Å². The maximum Gasteiger partial charge on any atom is 0.242 e. The van der Waals surface area contributed by atoms with Crippen molar-refractivity contribution in [3.63, 3.8) is 0 Å². The molecule has 1 aliphatic carbocycles. The van der Waals surface area contributed by atoms with Crippen LogP contribution in [0.5, 0.6) is 0 Å². The van der Waals surface area contributed by atoms with E-state index in [9.17, 15) is 0 Å². The molecule has 1 heterocycles. The number of anilines is 1. The van der Waals surface area contributed by atoms with Crippen molar-refractivity contribution >= 4 is 17.5 Å². The van der Waals surface area contributed by atoms with E-state index < -0.39 is 0 Å². The van der Waals surface area contributed by atoms with E-state index >= 15 is 0 Å². The fourth-order valence-corrected chi connectivity index (χ4v) is 2.75. The molecule has 0 radical (unpaired) electrons. The molecule has 0 bridgehead atoms. The van der Waals surface area contributed by atoms with Crippen molar-refractivity contribution < 1.29 is 0 Å². The predicted molar refractivity (Wildman–Crippen MR) is 69.3 cm³/mol. The van der Waals surface area contributed by atoms with Crippen molar-refractivity contribution in [3.8, 4) is 0 Å². The molecule has 1 saturated carbocycles. The number of aryl methyl sites for hydroxylation is 2. The summed E-state index contributed by atoms with van der Waals surface area (Å²) in [7, 11) is 0. The van der Waals surface area contributed by atoms with Crippen LogP contribution in [0.25, 0.3) is 0 Å². The first kappa shape index (κ1) is 12.6. The van der Waals surface area contributed by atoms with Gasteiger partial charge in [0.1, 0.15) is 0 Å². The molecule has 0 aliphatic heterocycles. The van der Waals surface area contributed by atoms with Crippen LogP contribution in [0, 0.1) is 25.7 Å². The van der Waals surface area contributed by atoms with Crippen molar-refractivity contribution in [2.24, 2.45) is 11.8 Å². The SMILES string of the molecule is Cc1nnc(NCC2CCCC2CCl)nc1C. The van der Waals surface area contributed by atoms with Crippen LogP contribution < -0.4 is 5.32 Å². The smallest absolute Gasteiger partial charge is 0.242 e. The van der Waals surface area contributed by atoms with Gasteiger partial charge in [0.25, 0.3) is 0 Å². The van der Waals surface area contributed by atoms with E-state index in [1.54, 1.807) is 0 Å². The highest BCUT2D eigenvalue weighted by molar-refractivity contribution is 6.18. The van der Waals surface area contributed by atoms with Crippen LogP contribution in [-0.2, 0) is 0 Å². The third kappa shape index (κ3) is 3.06. The van der Waals surface area contributed by atoms with E-state index in [1.807, 2.05) is 13.8 Å². The lowest BCUT2D eigenvalue weighted by Crippen LogP contribution is -2.20. The summed E-state index contributed by atoms with van der Waals surface area (Å²) >= 11 is 5.96. The van der Waals surface area contributed by atoms with Crippen LogP contribution in [0.1, 0.15) is 30.7 Å². The first-order valence-corrected chi connectivity index (χ1v) is 6.72. The number of hydrogen-bond acceptors (Lipinski definition) is 4. The van der Waals surface area contributed by atoms with E-state index in [0.29, 0.717) is 17.8 Å². The lowest BCUT2D eigenvalue weighted by Gasteiger charge is -2.17.